The second-order valence-electron chi connectivity index (χ2n) is 4.24. The van der Waals surface area contributed by atoms with Gasteiger partial charge in [-0.2, -0.15) is 16.8 Å². The Morgan fingerprint density at radius 2 is 1.06 bits per heavy atom. The van der Waals surface area contributed by atoms with E-state index >= 15 is 0 Å². The molecule has 0 aliphatic rings. The van der Waals surface area contributed by atoms with Crippen LogP contribution >= 0.6 is 0 Å². The third-order valence-corrected chi connectivity index (χ3v) is 3.59. The SMILES string of the molecule is CC[C@H](CC[C@@H](CC)OS(C)(=O)=O)OS(C)(=O)=O. The van der Waals surface area contributed by atoms with E-state index in [-0.39, 0.29) is 0 Å². The van der Waals surface area contributed by atoms with E-state index < -0.39 is 32.4 Å². The second-order valence-corrected chi connectivity index (χ2v) is 7.44. The van der Waals surface area contributed by atoms with Crippen LogP contribution in [0.15, 0.2) is 0 Å². The molecule has 0 bridgehead atoms. The van der Waals surface area contributed by atoms with Gasteiger partial charge in [-0.3, -0.25) is 8.37 Å². The fourth-order valence-corrected chi connectivity index (χ4v) is 2.96. The van der Waals surface area contributed by atoms with Crippen LogP contribution in [0.1, 0.15) is 39.5 Å². The summed E-state index contributed by atoms with van der Waals surface area (Å²) in [5.41, 5.74) is 0. The molecule has 0 aromatic heterocycles. The van der Waals surface area contributed by atoms with Gasteiger partial charge in [0.1, 0.15) is 0 Å². The van der Waals surface area contributed by atoms with Gasteiger partial charge in [0.2, 0.25) is 0 Å². The van der Waals surface area contributed by atoms with Gasteiger partial charge in [-0.05, 0) is 25.7 Å². The lowest BCUT2D eigenvalue weighted by atomic mass is 10.1. The van der Waals surface area contributed by atoms with Crippen molar-refractivity contribution in [2.24, 2.45) is 0 Å². The maximum atomic E-state index is 11.0. The summed E-state index contributed by atoms with van der Waals surface area (Å²) in [6.07, 6.45) is 3.11. The molecule has 0 N–H and O–H groups in total. The van der Waals surface area contributed by atoms with Crippen LogP contribution in [-0.4, -0.2) is 41.6 Å². The summed E-state index contributed by atoms with van der Waals surface area (Å²) in [7, 11) is -6.97. The third-order valence-electron chi connectivity index (χ3n) is 2.34. The van der Waals surface area contributed by atoms with Crippen LogP contribution in [-0.2, 0) is 28.6 Å². The van der Waals surface area contributed by atoms with Gasteiger partial charge in [0.05, 0.1) is 24.7 Å². The first kappa shape index (κ1) is 17.8. The highest BCUT2D eigenvalue weighted by Gasteiger charge is 2.18. The molecule has 0 radical (unpaired) electrons. The molecule has 0 saturated carbocycles. The molecule has 110 valence electrons. The first-order valence-corrected chi connectivity index (χ1v) is 9.47. The van der Waals surface area contributed by atoms with Gasteiger partial charge >= 0.3 is 0 Å². The average molecular weight is 302 g/mol. The summed E-state index contributed by atoms with van der Waals surface area (Å²) in [4.78, 5) is 0. The molecule has 0 amide bonds. The van der Waals surface area contributed by atoms with Crippen molar-refractivity contribution in [1.82, 2.24) is 0 Å². The maximum Gasteiger partial charge on any atom is 0.264 e. The summed E-state index contributed by atoms with van der Waals surface area (Å²) in [6.45, 7) is 3.63. The summed E-state index contributed by atoms with van der Waals surface area (Å²) >= 11 is 0. The van der Waals surface area contributed by atoms with Crippen molar-refractivity contribution in [3.63, 3.8) is 0 Å². The van der Waals surface area contributed by atoms with Crippen LogP contribution in [0.3, 0.4) is 0 Å². The van der Waals surface area contributed by atoms with Crippen LogP contribution in [0.4, 0.5) is 0 Å². The van der Waals surface area contributed by atoms with E-state index in [1.54, 1.807) is 0 Å². The Labute approximate surface area is 110 Å². The van der Waals surface area contributed by atoms with E-state index in [9.17, 15) is 16.8 Å². The monoisotopic (exact) mass is 302 g/mol. The molecule has 0 unspecified atom stereocenters. The highest BCUT2D eigenvalue weighted by molar-refractivity contribution is 7.86. The quantitative estimate of drug-likeness (QED) is 0.596. The van der Waals surface area contributed by atoms with Gasteiger partial charge in [0.25, 0.3) is 20.2 Å². The Balaban J connectivity index is 4.33. The Kier molecular flexibility index (Phi) is 7.34. The largest absolute Gasteiger partial charge is 0.267 e. The molecule has 0 saturated heterocycles. The summed E-state index contributed by atoms with van der Waals surface area (Å²) in [5.74, 6) is 0. The van der Waals surface area contributed by atoms with Gasteiger partial charge in [0, 0.05) is 0 Å². The Morgan fingerprint density at radius 1 is 0.778 bits per heavy atom. The molecule has 0 aliphatic heterocycles. The molecule has 0 rings (SSSR count). The van der Waals surface area contributed by atoms with E-state index in [1.807, 2.05) is 13.8 Å². The van der Waals surface area contributed by atoms with Crippen molar-refractivity contribution in [3.05, 3.63) is 0 Å². The minimum Gasteiger partial charge on any atom is -0.267 e. The van der Waals surface area contributed by atoms with Crippen LogP contribution in [0.2, 0.25) is 0 Å². The zero-order valence-electron chi connectivity index (χ0n) is 11.2. The van der Waals surface area contributed by atoms with Crippen LogP contribution in [0.5, 0.6) is 0 Å². The van der Waals surface area contributed by atoms with Gasteiger partial charge in [-0.15, -0.1) is 0 Å². The average Bonchev–Trinajstić information content (AvgIpc) is 2.18. The number of hydrogen-bond acceptors (Lipinski definition) is 6. The van der Waals surface area contributed by atoms with E-state index in [0.717, 1.165) is 12.5 Å². The van der Waals surface area contributed by atoms with Crippen molar-refractivity contribution >= 4 is 20.2 Å². The number of rotatable bonds is 9. The maximum absolute atomic E-state index is 11.0. The minimum absolute atomic E-state index is 0.433. The molecule has 6 nitrogen and oxygen atoms in total. The van der Waals surface area contributed by atoms with E-state index in [2.05, 4.69) is 0 Å². The van der Waals surface area contributed by atoms with Crippen LogP contribution < -0.4 is 0 Å². The highest BCUT2D eigenvalue weighted by Crippen LogP contribution is 2.16. The van der Waals surface area contributed by atoms with Crippen LogP contribution in [0.25, 0.3) is 0 Å². The van der Waals surface area contributed by atoms with Crippen LogP contribution in [0, 0.1) is 0 Å². The first-order valence-electron chi connectivity index (χ1n) is 5.84. The standard InChI is InChI=1S/C10H22O6S2/c1-5-9(15-17(3,11)12)7-8-10(6-2)16-18(4,13)14/h9-10H,5-8H2,1-4H3/t9-,10-/m1/s1. The molecule has 0 spiro atoms. The molecule has 0 aromatic carbocycles. The lowest BCUT2D eigenvalue weighted by Gasteiger charge is -2.18. The molecular weight excluding hydrogens is 280 g/mol. The summed E-state index contributed by atoms with van der Waals surface area (Å²) in [5, 5.41) is 0. The van der Waals surface area contributed by atoms with Crippen molar-refractivity contribution in [2.45, 2.75) is 51.7 Å². The van der Waals surface area contributed by atoms with Gasteiger partial charge in [0.15, 0.2) is 0 Å². The lowest BCUT2D eigenvalue weighted by molar-refractivity contribution is 0.145. The fourth-order valence-electron chi connectivity index (χ4n) is 1.51. The summed E-state index contributed by atoms with van der Waals surface area (Å²) < 4.78 is 53.7. The predicted octanol–water partition coefficient (Wildman–Crippen LogP) is 1.28. The second kappa shape index (κ2) is 7.42. The van der Waals surface area contributed by atoms with Gasteiger partial charge < -0.3 is 0 Å². The predicted molar refractivity (Wildman–Crippen MR) is 69.2 cm³/mol. The lowest BCUT2D eigenvalue weighted by Crippen LogP contribution is -2.22. The Morgan fingerprint density at radius 3 is 1.22 bits per heavy atom. The molecule has 0 fully saturated rings. The minimum atomic E-state index is -3.48. The number of hydrogen-bond donors (Lipinski definition) is 0. The molecular formula is C10H22O6S2. The van der Waals surface area contributed by atoms with E-state index in [1.165, 1.54) is 0 Å². The van der Waals surface area contributed by atoms with E-state index in [0.29, 0.717) is 25.7 Å². The normalized spacial score (nSPS) is 16.4. The van der Waals surface area contributed by atoms with Crippen molar-refractivity contribution < 1.29 is 25.2 Å². The Hall–Kier alpha value is -0.180. The zero-order valence-corrected chi connectivity index (χ0v) is 12.9. The topological polar surface area (TPSA) is 86.7 Å². The van der Waals surface area contributed by atoms with E-state index in [4.69, 9.17) is 8.37 Å². The molecule has 0 heterocycles. The van der Waals surface area contributed by atoms with Crippen molar-refractivity contribution in [2.75, 3.05) is 12.5 Å². The molecule has 2 atom stereocenters. The van der Waals surface area contributed by atoms with Crippen molar-refractivity contribution in [1.29, 1.82) is 0 Å². The third kappa shape index (κ3) is 9.81. The highest BCUT2D eigenvalue weighted by atomic mass is 32.2. The molecule has 0 aliphatic carbocycles. The smallest absolute Gasteiger partial charge is 0.264 e. The first-order chi connectivity index (χ1) is 8.07. The molecule has 8 heteroatoms. The molecule has 0 aromatic rings. The van der Waals surface area contributed by atoms with Crippen molar-refractivity contribution in [3.8, 4) is 0 Å². The fraction of sp³-hybridized carbons (Fsp3) is 1.00. The van der Waals surface area contributed by atoms with Gasteiger partial charge in [-0.1, -0.05) is 13.8 Å². The van der Waals surface area contributed by atoms with Gasteiger partial charge in [-0.25, -0.2) is 0 Å². The summed E-state index contributed by atoms with van der Waals surface area (Å²) in [6, 6.07) is 0. The Bertz CT molecular complexity index is 383. The molecule has 18 heavy (non-hydrogen) atoms. The zero-order chi connectivity index (χ0) is 14.4.